The van der Waals surface area contributed by atoms with Crippen molar-refractivity contribution >= 4 is 15.7 Å². The van der Waals surface area contributed by atoms with Gasteiger partial charge in [-0.1, -0.05) is 0 Å². The number of anilines is 1. The molecule has 2 heterocycles. The van der Waals surface area contributed by atoms with Gasteiger partial charge >= 0.3 is 0 Å². The van der Waals surface area contributed by atoms with Crippen LogP contribution in [0.3, 0.4) is 0 Å². The van der Waals surface area contributed by atoms with Gasteiger partial charge in [0.05, 0.1) is 0 Å². The Kier molecular flexibility index (Phi) is 3.82. The molecule has 6 heteroatoms. The first-order chi connectivity index (χ1) is 8.86. The van der Waals surface area contributed by atoms with Crippen LogP contribution in [0, 0.1) is 0 Å². The minimum Gasteiger partial charge on any atom is -0.355 e. The second-order valence-electron chi connectivity index (χ2n) is 5.40. The molecular formula is C13H21N3O2S. The van der Waals surface area contributed by atoms with Crippen molar-refractivity contribution in [3.63, 3.8) is 0 Å². The summed E-state index contributed by atoms with van der Waals surface area (Å²) in [4.78, 5) is 6.66. The largest absolute Gasteiger partial charge is 0.355 e. The highest BCUT2D eigenvalue weighted by Crippen LogP contribution is 2.28. The zero-order chi connectivity index (χ0) is 14.1. The van der Waals surface area contributed by atoms with E-state index in [-0.39, 0.29) is 5.54 Å². The van der Waals surface area contributed by atoms with Crippen LogP contribution in [0.1, 0.15) is 19.8 Å². The number of rotatable bonds is 3. The van der Waals surface area contributed by atoms with Crippen molar-refractivity contribution in [2.45, 2.75) is 30.2 Å². The molecule has 2 rings (SSSR count). The molecule has 0 bridgehead atoms. The first-order valence-corrected chi connectivity index (χ1v) is 8.34. The fourth-order valence-electron chi connectivity index (χ4n) is 2.37. The summed E-state index contributed by atoms with van der Waals surface area (Å²) in [6.07, 6.45) is 4.83. The van der Waals surface area contributed by atoms with Crippen molar-refractivity contribution < 1.29 is 8.42 Å². The highest BCUT2D eigenvalue weighted by atomic mass is 32.2. The molecule has 1 N–H and O–H groups in total. The normalized spacial score (nSPS) is 19.4. The van der Waals surface area contributed by atoms with Gasteiger partial charge in [-0.15, -0.1) is 0 Å². The molecule has 106 valence electrons. The summed E-state index contributed by atoms with van der Waals surface area (Å²) in [5.41, 5.74) is 0.135. The van der Waals surface area contributed by atoms with Gasteiger partial charge in [-0.05, 0) is 38.9 Å². The Morgan fingerprint density at radius 3 is 2.53 bits per heavy atom. The fraction of sp³-hybridized carbons (Fsp3) is 0.615. The molecule has 19 heavy (non-hydrogen) atoms. The number of nitrogens with zero attached hydrogens (tertiary/aromatic N) is 2. The zero-order valence-corrected chi connectivity index (χ0v) is 12.5. The van der Waals surface area contributed by atoms with E-state index < -0.39 is 9.84 Å². The van der Waals surface area contributed by atoms with Crippen molar-refractivity contribution in [3.05, 3.63) is 18.3 Å². The predicted molar refractivity (Wildman–Crippen MR) is 76.3 cm³/mol. The van der Waals surface area contributed by atoms with E-state index in [1.54, 1.807) is 18.3 Å². The van der Waals surface area contributed by atoms with Crippen molar-refractivity contribution in [2.75, 3.05) is 31.3 Å². The van der Waals surface area contributed by atoms with Gasteiger partial charge in [0.25, 0.3) is 0 Å². The van der Waals surface area contributed by atoms with Crippen LogP contribution in [0.2, 0.25) is 0 Å². The Hall–Kier alpha value is -1.14. The molecule has 1 aromatic rings. The number of piperidine rings is 1. The van der Waals surface area contributed by atoms with Crippen LogP contribution in [0.15, 0.2) is 23.2 Å². The van der Waals surface area contributed by atoms with Crippen LogP contribution in [0.5, 0.6) is 0 Å². The summed E-state index contributed by atoms with van der Waals surface area (Å²) in [7, 11) is -1.27. The molecular weight excluding hydrogens is 262 g/mol. The lowest BCUT2D eigenvalue weighted by atomic mass is 9.90. The predicted octanol–water partition coefficient (Wildman–Crippen LogP) is 1.06. The van der Waals surface area contributed by atoms with Crippen LogP contribution in [0.4, 0.5) is 5.82 Å². The van der Waals surface area contributed by atoms with Gasteiger partial charge in [0.15, 0.2) is 9.84 Å². The summed E-state index contributed by atoms with van der Waals surface area (Å²) in [5.74, 6) is 0.586. The van der Waals surface area contributed by atoms with E-state index in [0.717, 1.165) is 25.9 Å². The summed E-state index contributed by atoms with van der Waals surface area (Å²) in [5, 5.41) is 3.33. The lowest BCUT2D eigenvalue weighted by molar-refractivity contribution is 0.304. The van der Waals surface area contributed by atoms with Crippen molar-refractivity contribution in [3.8, 4) is 0 Å². The maximum atomic E-state index is 11.8. The van der Waals surface area contributed by atoms with Gasteiger partial charge in [0.2, 0.25) is 0 Å². The highest BCUT2D eigenvalue weighted by molar-refractivity contribution is 7.90. The Morgan fingerprint density at radius 2 is 2.00 bits per heavy atom. The maximum absolute atomic E-state index is 11.8. The summed E-state index contributed by atoms with van der Waals surface area (Å²) in [6, 6.07) is 3.30. The van der Waals surface area contributed by atoms with Crippen LogP contribution < -0.4 is 10.2 Å². The average Bonchev–Trinajstić information content (AvgIpc) is 2.39. The summed E-state index contributed by atoms with van der Waals surface area (Å²) < 4.78 is 23.6. The van der Waals surface area contributed by atoms with Gasteiger partial charge in [-0.3, -0.25) is 0 Å². The first-order valence-electron chi connectivity index (χ1n) is 6.45. The van der Waals surface area contributed by atoms with Gasteiger partial charge in [-0.2, -0.15) is 0 Å². The average molecular weight is 283 g/mol. The van der Waals surface area contributed by atoms with E-state index in [9.17, 15) is 8.42 Å². The maximum Gasteiger partial charge on any atom is 0.179 e. The number of nitrogens with one attached hydrogen (secondary N) is 1. The highest BCUT2D eigenvalue weighted by Gasteiger charge is 2.30. The van der Waals surface area contributed by atoms with E-state index >= 15 is 0 Å². The lowest BCUT2D eigenvalue weighted by Crippen LogP contribution is -2.50. The van der Waals surface area contributed by atoms with Crippen LogP contribution in [0.25, 0.3) is 0 Å². The van der Waals surface area contributed by atoms with E-state index in [1.807, 2.05) is 7.05 Å². The molecule has 1 aromatic heterocycles. The standard InChI is InChI=1S/C13H21N3O2S/c1-13(14-2)6-9-16(10-7-13)12-11(19(3,17)18)5-4-8-15-12/h4-5,8,14H,6-7,9-10H2,1-3H3. The van der Waals surface area contributed by atoms with Crippen molar-refractivity contribution in [1.82, 2.24) is 10.3 Å². The third-order valence-corrected chi connectivity index (χ3v) is 5.04. The Bertz CT molecular complexity index is 549. The summed E-state index contributed by atoms with van der Waals surface area (Å²) >= 11 is 0. The third kappa shape index (κ3) is 3.06. The molecule has 0 amide bonds. The monoisotopic (exact) mass is 283 g/mol. The minimum atomic E-state index is -3.24. The first kappa shape index (κ1) is 14.3. The number of hydrogen-bond donors (Lipinski definition) is 1. The minimum absolute atomic E-state index is 0.135. The molecule has 1 saturated heterocycles. The Balaban J connectivity index is 2.26. The molecule has 0 atom stereocenters. The zero-order valence-electron chi connectivity index (χ0n) is 11.7. The topological polar surface area (TPSA) is 62.3 Å². The quantitative estimate of drug-likeness (QED) is 0.899. The van der Waals surface area contributed by atoms with Crippen LogP contribution >= 0.6 is 0 Å². The fourth-order valence-corrected chi connectivity index (χ4v) is 3.21. The molecule has 0 aromatic carbocycles. The van der Waals surface area contributed by atoms with Gasteiger partial charge in [0, 0.05) is 31.1 Å². The lowest BCUT2D eigenvalue weighted by Gasteiger charge is -2.40. The summed E-state index contributed by atoms with van der Waals surface area (Å²) in [6.45, 7) is 3.83. The van der Waals surface area contributed by atoms with Gasteiger partial charge in [-0.25, -0.2) is 13.4 Å². The van der Waals surface area contributed by atoms with E-state index in [4.69, 9.17) is 0 Å². The van der Waals surface area contributed by atoms with Crippen molar-refractivity contribution in [2.24, 2.45) is 0 Å². The van der Waals surface area contributed by atoms with Gasteiger partial charge in [0.1, 0.15) is 10.7 Å². The van der Waals surface area contributed by atoms with E-state index in [0.29, 0.717) is 10.7 Å². The van der Waals surface area contributed by atoms with Crippen LogP contribution in [-0.2, 0) is 9.84 Å². The molecule has 0 saturated carbocycles. The smallest absolute Gasteiger partial charge is 0.179 e. The molecule has 5 nitrogen and oxygen atoms in total. The molecule has 1 aliphatic rings. The Morgan fingerprint density at radius 1 is 1.37 bits per heavy atom. The molecule has 0 radical (unpaired) electrons. The molecule has 0 spiro atoms. The molecule has 1 fully saturated rings. The molecule has 1 aliphatic heterocycles. The third-order valence-electron chi connectivity index (χ3n) is 3.92. The molecule has 0 aliphatic carbocycles. The van der Waals surface area contributed by atoms with Crippen molar-refractivity contribution in [1.29, 1.82) is 0 Å². The van der Waals surface area contributed by atoms with Crippen LogP contribution in [-0.4, -0.2) is 45.3 Å². The van der Waals surface area contributed by atoms with E-state index in [1.165, 1.54) is 6.26 Å². The number of sulfone groups is 1. The SMILES string of the molecule is CNC1(C)CCN(c2ncccc2S(C)(=O)=O)CC1. The van der Waals surface area contributed by atoms with Gasteiger partial charge < -0.3 is 10.2 Å². The second-order valence-corrected chi connectivity index (χ2v) is 7.38. The Labute approximate surface area is 114 Å². The second kappa shape index (κ2) is 5.09. The number of hydrogen-bond acceptors (Lipinski definition) is 5. The number of aromatic nitrogens is 1. The number of pyridine rings is 1. The molecule has 0 unspecified atom stereocenters. The van der Waals surface area contributed by atoms with E-state index in [2.05, 4.69) is 22.1 Å².